The molecule has 0 radical (unpaired) electrons. The first kappa shape index (κ1) is 14.0. The van der Waals surface area contributed by atoms with Crippen molar-refractivity contribution in [1.29, 1.82) is 0 Å². The van der Waals surface area contributed by atoms with Crippen LogP contribution in [0.3, 0.4) is 0 Å². The summed E-state index contributed by atoms with van der Waals surface area (Å²) < 4.78 is 16.1. The van der Waals surface area contributed by atoms with E-state index >= 15 is 0 Å². The molecule has 1 aromatic heterocycles. The quantitative estimate of drug-likeness (QED) is 0.807. The lowest BCUT2D eigenvalue weighted by atomic mass is 10.0. The van der Waals surface area contributed by atoms with E-state index < -0.39 is 5.97 Å². The molecule has 0 spiro atoms. The van der Waals surface area contributed by atoms with E-state index in [0.29, 0.717) is 37.6 Å². The molecule has 2 N–H and O–H groups in total. The Labute approximate surface area is 111 Å². The van der Waals surface area contributed by atoms with Gasteiger partial charge in [-0.2, -0.15) is 0 Å². The van der Waals surface area contributed by atoms with Crippen LogP contribution in [0.4, 0.5) is 0 Å². The lowest BCUT2D eigenvalue weighted by molar-refractivity contribution is -0.0161. The van der Waals surface area contributed by atoms with Crippen molar-refractivity contribution in [2.45, 2.75) is 25.5 Å². The molecule has 1 aliphatic rings. The van der Waals surface area contributed by atoms with E-state index in [4.69, 9.17) is 19.0 Å². The first-order valence-electron chi connectivity index (χ1n) is 6.22. The molecule has 1 saturated heterocycles. The molecule has 1 fully saturated rings. The molecule has 0 aliphatic carbocycles. The first-order valence-corrected chi connectivity index (χ1v) is 6.22. The Morgan fingerprint density at radius 1 is 1.63 bits per heavy atom. The van der Waals surface area contributed by atoms with Crippen LogP contribution in [0.5, 0.6) is 0 Å². The van der Waals surface area contributed by atoms with Gasteiger partial charge in [-0.05, 0) is 13.0 Å². The van der Waals surface area contributed by atoms with E-state index in [9.17, 15) is 4.79 Å². The summed E-state index contributed by atoms with van der Waals surface area (Å²) in [5.74, 6) is -0.427. The maximum absolute atomic E-state index is 10.9. The Morgan fingerprint density at radius 2 is 2.42 bits per heavy atom. The minimum absolute atomic E-state index is 0.00227. The lowest BCUT2D eigenvalue weighted by Gasteiger charge is -2.25. The highest BCUT2D eigenvalue weighted by Gasteiger charge is 2.34. The summed E-state index contributed by atoms with van der Waals surface area (Å²) in [6.45, 7) is 4.12. The molecular formula is C13H19NO5. The number of aromatic carboxylic acids is 1. The van der Waals surface area contributed by atoms with Crippen LogP contribution in [-0.4, -0.2) is 43.5 Å². The third-order valence-electron chi connectivity index (χ3n) is 3.41. The molecular weight excluding hydrogens is 250 g/mol. The number of carbonyl (C=O) groups is 1. The normalized spacial score (nSPS) is 22.8. The maximum atomic E-state index is 10.9. The van der Waals surface area contributed by atoms with E-state index in [2.05, 4.69) is 5.32 Å². The molecule has 0 saturated carbocycles. The number of nitrogens with one attached hydrogen (secondary N) is 1. The topological polar surface area (TPSA) is 80.9 Å². The summed E-state index contributed by atoms with van der Waals surface area (Å²) in [4.78, 5) is 10.9. The van der Waals surface area contributed by atoms with Crippen molar-refractivity contribution in [3.05, 3.63) is 23.2 Å². The summed E-state index contributed by atoms with van der Waals surface area (Å²) in [5, 5.41) is 12.1. The maximum Gasteiger partial charge on any atom is 0.372 e. The van der Waals surface area contributed by atoms with Gasteiger partial charge < -0.3 is 24.3 Å². The summed E-state index contributed by atoms with van der Waals surface area (Å²) >= 11 is 0. The fraction of sp³-hybridized carbons (Fsp3) is 0.615. The van der Waals surface area contributed by atoms with Crippen molar-refractivity contribution in [2.75, 3.05) is 26.9 Å². The van der Waals surface area contributed by atoms with Gasteiger partial charge in [0.2, 0.25) is 5.76 Å². The molecule has 0 bridgehead atoms. The third-order valence-corrected chi connectivity index (χ3v) is 3.41. The fourth-order valence-electron chi connectivity index (χ4n) is 2.22. The highest BCUT2D eigenvalue weighted by atomic mass is 16.5. The average molecular weight is 269 g/mol. The smallest absolute Gasteiger partial charge is 0.372 e. The monoisotopic (exact) mass is 269 g/mol. The number of methoxy groups -OCH3 is 1. The average Bonchev–Trinajstić information content (AvgIpc) is 2.97. The molecule has 1 atom stereocenters. The van der Waals surface area contributed by atoms with E-state index in [0.717, 1.165) is 6.42 Å². The van der Waals surface area contributed by atoms with Gasteiger partial charge in [-0.1, -0.05) is 0 Å². The standard InChI is InChI=1S/C13H19NO5/c1-9-5-10(19-11(9)12(15)16)6-14-7-13(17-2)3-4-18-8-13/h5,14H,3-4,6-8H2,1-2H3,(H,15,16). The molecule has 1 aliphatic heterocycles. The van der Waals surface area contributed by atoms with Crippen LogP contribution in [-0.2, 0) is 16.0 Å². The SMILES string of the molecule is COC1(CNCc2cc(C)c(C(=O)O)o2)CCOC1. The highest BCUT2D eigenvalue weighted by Crippen LogP contribution is 2.22. The lowest BCUT2D eigenvalue weighted by Crippen LogP contribution is -2.42. The van der Waals surface area contributed by atoms with Gasteiger partial charge >= 0.3 is 5.97 Å². The summed E-state index contributed by atoms with van der Waals surface area (Å²) in [6, 6.07) is 1.74. The van der Waals surface area contributed by atoms with Crippen molar-refractivity contribution in [1.82, 2.24) is 5.32 Å². The number of furan rings is 1. The summed E-state index contributed by atoms with van der Waals surface area (Å²) in [6.07, 6.45) is 0.855. The Morgan fingerprint density at radius 3 is 2.95 bits per heavy atom. The van der Waals surface area contributed by atoms with Gasteiger partial charge in [0.1, 0.15) is 11.4 Å². The van der Waals surface area contributed by atoms with Crippen LogP contribution < -0.4 is 5.32 Å². The van der Waals surface area contributed by atoms with Crippen molar-refractivity contribution in [2.24, 2.45) is 0 Å². The molecule has 2 rings (SSSR count). The molecule has 19 heavy (non-hydrogen) atoms. The number of rotatable bonds is 6. The number of carboxylic acid groups (broad SMARTS) is 1. The molecule has 106 valence electrons. The van der Waals surface area contributed by atoms with Gasteiger partial charge in [0.25, 0.3) is 0 Å². The van der Waals surface area contributed by atoms with Crippen molar-refractivity contribution in [3.63, 3.8) is 0 Å². The first-order chi connectivity index (χ1) is 9.06. The zero-order valence-corrected chi connectivity index (χ0v) is 11.2. The van der Waals surface area contributed by atoms with Crippen LogP contribution in [0.1, 0.15) is 28.3 Å². The Hall–Kier alpha value is -1.37. The fourth-order valence-corrected chi connectivity index (χ4v) is 2.22. The zero-order valence-electron chi connectivity index (χ0n) is 11.2. The minimum atomic E-state index is -1.04. The van der Waals surface area contributed by atoms with Crippen LogP contribution in [0.2, 0.25) is 0 Å². The van der Waals surface area contributed by atoms with Crippen LogP contribution >= 0.6 is 0 Å². The van der Waals surface area contributed by atoms with Gasteiger partial charge in [0, 0.05) is 32.2 Å². The van der Waals surface area contributed by atoms with Crippen LogP contribution in [0.25, 0.3) is 0 Å². The minimum Gasteiger partial charge on any atom is -0.475 e. The molecule has 1 unspecified atom stereocenters. The Kier molecular flexibility index (Phi) is 4.24. The molecule has 0 amide bonds. The number of hydrogen-bond donors (Lipinski definition) is 2. The second-order valence-electron chi connectivity index (χ2n) is 4.82. The second-order valence-corrected chi connectivity index (χ2v) is 4.82. The van der Waals surface area contributed by atoms with Crippen molar-refractivity contribution < 1.29 is 23.8 Å². The van der Waals surface area contributed by atoms with Crippen molar-refractivity contribution in [3.8, 4) is 0 Å². The predicted octanol–water partition coefficient (Wildman–Crippen LogP) is 1.18. The number of carboxylic acids is 1. The number of aryl methyl sites for hydroxylation is 1. The second kappa shape index (κ2) is 5.73. The van der Waals surface area contributed by atoms with Crippen LogP contribution in [0, 0.1) is 6.92 Å². The van der Waals surface area contributed by atoms with Gasteiger partial charge in [-0.3, -0.25) is 0 Å². The van der Waals surface area contributed by atoms with Gasteiger partial charge in [0.15, 0.2) is 0 Å². The molecule has 1 aromatic rings. The largest absolute Gasteiger partial charge is 0.475 e. The third kappa shape index (κ3) is 3.15. The van der Waals surface area contributed by atoms with E-state index in [1.165, 1.54) is 0 Å². The van der Waals surface area contributed by atoms with Gasteiger partial charge in [-0.15, -0.1) is 0 Å². The summed E-state index contributed by atoms with van der Waals surface area (Å²) in [7, 11) is 1.68. The van der Waals surface area contributed by atoms with Gasteiger partial charge in [0.05, 0.1) is 13.2 Å². The number of ether oxygens (including phenoxy) is 2. The summed E-state index contributed by atoms with van der Waals surface area (Å²) in [5.41, 5.74) is 0.354. The predicted molar refractivity (Wildman–Crippen MR) is 67.3 cm³/mol. The Balaban J connectivity index is 1.89. The molecule has 6 nitrogen and oxygen atoms in total. The number of hydrogen-bond acceptors (Lipinski definition) is 5. The molecule has 0 aromatic carbocycles. The van der Waals surface area contributed by atoms with E-state index in [1.54, 1.807) is 20.1 Å². The van der Waals surface area contributed by atoms with Crippen LogP contribution in [0.15, 0.2) is 10.5 Å². The Bertz CT molecular complexity index is 448. The zero-order chi connectivity index (χ0) is 13.9. The molecule has 2 heterocycles. The van der Waals surface area contributed by atoms with Crippen molar-refractivity contribution >= 4 is 5.97 Å². The van der Waals surface area contributed by atoms with E-state index in [1.807, 2.05) is 0 Å². The van der Waals surface area contributed by atoms with E-state index in [-0.39, 0.29) is 11.4 Å². The van der Waals surface area contributed by atoms with Gasteiger partial charge in [-0.25, -0.2) is 4.79 Å². The molecule has 6 heteroatoms. The highest BCUT2D eigenvalue weighted by molar-refractivity contribution is 5.86.